The van der Waals surface area contributed by atoms with Gasteiger partial charge in [0.15, 0.2) is 0 Å². The van der Waals surface area contributed by atoms with Crippen LogP contribution in [0.2, 0.25) is 0 Å². The predicted octanol–water partition coefficient (Wildman–Crippen LogP) is 2.84. The van der Waals surface area contributed by atoms with Crippen molar-refractivity contribution >= 4 is 5.57 Å². The minimum Gasteiger partial charge on any atom is -0.302 e. The van der Waals surface area contributed by atoms with Gasteiger partial charge in [-0.1, -0.05) is 36.4 Å². The maximum Gasteiger partial charge on any atom is 0.0385 e. The molecule has 14 heavy (non-hydrogen) atoms. The molecule has 0 radical (unpaired) electrons. The summed E-state index contributed by atoms with van der Waals surface area (Å²) in [6.45, 7) is 6.66. The highest BCUT2D eigenvalue weighted by Gasteiger charge is 2.30. The first-order valence-electron chi connectivity index (χ1n) is 5.15. The van der Waals surface area contributed by atoms with Crippen molar-refractivity contribution in [3.63, 3.8) is 0 Å². The van der Waals surface area contributed by atoms with Crippen LogP contribution in [0.1, 0.15) is 26.3 Å². The van der Waals surface area contributed by atoms with E-state index in [4.69, 9.17) is 0 Å². The molecule has 0 saturated carbocycles. The molecule has 1 aromatic rings. The third kappa shape index (κ3) is 1.60. The summed E-state index contributed by atoms with van der Waals surface area (Å²) in [5.41, 5.74) is 2.83. The van der Waals surface area contributed by atoms with Gasteiger partial charge in [0.05, 0.1) is 0 Å². The SMILES string of the molecule is CC1C=C(c2ccccc2)C(C)(C)N1. The highest BCUT2D eigenvalue weighted by Crippen LogP contribution is 2.32. The normalized spacial score (nSPS) is 24.8. The van der Waals surface area contributed by atoms with Gasteiger partial charge in [-0.25, -0.2) is 0 Å². The number of hydrogen-bond donors (Lipinski definition) is 1. The number of rotatable bonds is 1. The van der Waals surface area contributed by atoms with Crippen molar-refractivity contribution in [3.05, 3.63) is 42.0 Å². The fourth-order valence-corrected chi connectivity index (χ4v) is 2.22. The lowest BCUT2D eigenvalue weighted by Crippen LogP contribution is -2.38. The zero-order valence-electron chi connectivity index (χ0n) is 9.04. The molecule has 74 valence electrons. The Labute approximate surface area is 85.8 Å². The van der Waals surface area contributed by atoms with Crippen LogP contribution >= 0.6 is 0 Å². The summed E-state index contributed by atoms with van der Waals surface area (Å²) in [6, 6.07) is 11.1. The van der Waals surface area contributed by atoms with E-state index in [1.54, 1.807) is 0 Å². The molecule has 0 aliphatic carbocycles. The number of nitrogens with one attached hydrogen (secondary N) is 1. The van der Waals surface area contributed by atoms with Crippen LogP contribution in [0.3, 0.4) is 0 Å². The van der Waals surface area contributed by atoms with Crippen LogP contribution in [0.5, 0.6) is 0 Å². The summed E-state index contributed by atoms with van der Waals surface area (Å²) in [5, 5.41) is 3.55. The molecule has 1 N–H and O–H groups in total. The Morgan fingerprint density at radius 3 is 2.29 bits per heavy atom. The molecule has 1 aromatic carbocycles. The topological polar surface area (TPSA) is 12.0 Å². The Morgan fingerprint density at radius 2 is 1.79 bits per heavy atom. The van der Waals surface area contributed by atoms with Gasteiger partial charge in [0.2, 0.25) is 0 Å². The summed E-state index contributed by atoms with van der Waals surface area (Å²) in [4.78, 5) is 0. The zero-order valence-corrected chi connectivity index (χ0v) is 9.04. The van der Waals surface area contributed by atoms with Gasteiger partial charge in [-0.2, -0.15) is 0 Å². The van der Waals surface area contributed by atoms with Gasteiger partial charge in [-0.3, -0.25) is 0 Å². The van der Waals surface area contributed by atoms with Crippen molar-refractivity contribution in [3.8, 4) is 0 Å². The first-order chi connectivity index (χ1) is 6.59. The summed E-state index contributed by atoms with van der Waals surface area (Å²) in [7, 11) is 0. The first-order valence-corrected chi connectivity index (χ1v) is 5.15. The van der Waals surface area contributed by atoms with Gasteiger partial charge in [0, 0.05) is 11.6 Å². The maximum absolute atomic E-state index is 3.55. The van der Waals surface area contributed by atoms with Crippen LogP contribution in [0, 0.1) is 0 Å². The van der Waals surface area contributed by atoms with E-state index in [-0.39, 0.29) is 5.54 Å². The predicted molar refractivity (Wildman–Crippen MR) is 61.1 cm³/mol. The molecule has 1 aliphatic heterocycles. The highest BCUT2D eigenvalue weighted by atomic mass is 15.0. The minimum absolute atomic E-state index is 0.0980. The lowest BCUT2D eigenvalue weighted by Gasteiger charge is -2.24. The van der Waals surface area contributed by atoms with Crippen LogP contribution in [0.15, 0.2) is 36.4 Å². The second kappa shape index (κ2) is 3.25. The molecule has 0 fully saturated rings. The van der Waals surface area contributed by atoms with Crippen LogP contribution in [-0.2, 0) is 0 Å². The van der Waals surface area contributed by atoms with Crippen molar-refractivity contribution in [2.24, 2.45) is 0 Å². The van der Waals surface area contributed by atoms with E-state index in [9.17, 15) is 0 Å². The summed E-state index contributed by atoms with van der Waals surface area (Å²) in [6.07, 6.45) is 2.31. The van der Waals surface area contributed by atoms with E-state index in [1.165, 1.54) is 11.1 Å². The monoisotopic (exact) mass is 187 g/mol. The van der Waals surface area contributed by atoms with E-state index in [0.29, 0.717) is 6.04 Å². The molecular formula is C13H17N. The molecule has 0 spiro atoms. The van der Waals surface area contributed by atoms with Crippen molar-refractivity contribution in [1.82, 2.24) is 5.32 Å². The second-order valence-corrected chi connectivity index (χ2v) is 4.50. The average molecular weight is 187 g/mol. The third-order valence-electron chi connectivity index (χ3n) is 2.76. The molecule has 0 bridgehead atoms. The van der Waals surface area contributed by atoms with Gasteiger partial charge in [-0.05, 0) is 31.9 Å². The van der Waals surface area contributed by atoms with E-state index in [0.717, 1.165) is 0 Å². The molecule has 1 nitrogen and oxygen atoms in total. The van der Waals surface area contributed by atoms with E-state index >= 15 is 0 Å². The third-order valence-corrected chi connectivity index (χ3v) is 2.76. The van der Waals surface area contributed by atoms with Gasteiger partial charge in [0.1, 0.15) is 0 Å². The fraction of sp³-hybridized carbons (Fsp3) is 0.385. The molecule has 1 atom stereocenters. The van der Waals surface area contributed by atoms with E-state index in [1.807, 2.05) is 0 Å². The fourth-order valence-electron chi connectivity index (χ4n) is 2.22. The molecule has 1 heterocycles. The Bertz CT molecular complexity index is 349. The standard InChI is InChI=1S/C13H17N/c1-10-9-12(13(2,3)14-10)11-7-5-4-6-8-11/h4-10,14H,1-3H3. The molecular weight excluding hydrogens is 170 g/mol. The summed E-state index contributed by atoms with van der Waals surface area (Å²) < 4.78 is 0. The number of hydrogen-bond acceptors (Lipinski definition) is 1. The number of benzene rings is 1. The van der Waals surface area contributed by atoms with Crippen molar-refractivity contribution in [2.45, 2.75) is 32.4 Å². The van der Waals surface area contributed by atoms with E-state index < -0.39 is 0 Å². The van der Waals surface area contributed by atoms with Crippen LogP contribution in [-0.4, -0.2) is 11.6 Å². The van der Waals surface area contributed by atoms with Crippen molar-refractivity contribution in [2.75, 3.05) is 0 Å². The molecule has 0 amide bonds. The second-order valence-electron chi connectivity index (χ2n) is 4.50. The summed E-state index contributed by atoms with van der Waals surface area (Å²) >= 11 is 0. The molecule has 1 unspecified atom stereocenters. The smallest absolute Gasteiger partial charge is 0.0385 e. The first kappa shape index (κ1) is 9.47. The lowest BCUT2D eigenvalue weighted by molar-refractivity contribution is 0.493. The van der Waals surface area contributed by atoms with E-state index in [2.05, 4.69) is 62.5 Å². The Morgan fingerprint density at radius 1 is 1.14 bits per heavy atom. The summed E-state index contributed by atoms with van der Waals surface area (Å²) in [5.74, 6) is 0. The Balaban J connectivity index is 2.40. The highest BCUT2D eigenvalue weighted by molar-refractivity contribution is 5.75. The molecule has 0 saturated heterocycles. The van der Waals surface area contributed by atoms with Crippen LogP contribution in [0.25, 0.3) is 5.57 Å². The van der Waals surface area contributed by atoms with Gasteiger partial charge >= 0.3 is 0 Å². The minimum atomic E-state index is 0.0980. The quantitative estimate of drug-likeness (QED) is 0.713. The van der Waals surface area contributed by atoms with Gasteiger partial charge < -0.3 is 5.32 Å². The van der Waals surface area contributed by atoms with Crippen LogP contribution in [0.4, 0.5) is 0 Å². The van der Waals surface area contributed by atoms with Gasteiger partial charge in [-0.15, -0.1) is 0 Å². The van der Waals surface area contributed by atoms with Crippen molar-refractivity contribution in [1.29, 1.82) is 0 Å². The zero-order chi connectivity index (χ0) is 10.2. The largest absolute Gasteiger partial charge is 0.302 e. The Hall–Kier alpha value is -1.08. The van der Waals surface area contributed by atoms with Crippen molar-refractivity contribution < 1.29 is 0 Å². The molecule has 0 aromatic heterocycles. The molecule has 2 rings (SSSR count). The molecule has 1 aliphatic rings. The lowest BCUT2D eigenvalue weighted by atomic mass is 9.91. The average Bonchev–Trinajstić information content (AvgIpc) is 2.41. The van der Waals surface area contributed by atoms with Crippen LogP contribution < -0.4 is 5.32 Å². The van der Waals surface area contributed by atoms with Gasteiger partial charge in [0.25, 0.3) is 0 Å². The maximum atomic E-state index is 3.55. The Kier molecular flexibility index (Phi) is 2.20. The molecule has 1 heteroatoms.